The Bertz CT molecular complexity index is 1460. The monoisotopic (exact) mass is 856 g/mol. The number of nitrogens with one attached hydrogen (secondary N) is 6. The van der Waals surface area contributed by atoms with Crippen LogP contribution in [0.25, 0.3) is 0 Å². The maximum absolute atomic E-state index is 13.8. The molecule has 1 aliphatic rings. The molecule has 20 nitrogen and oxygen atoms in total. The van der Waals surface area contributed by atoms with Crippen LogP contribution >= 0.6 is 11.8 Å². The predicted molar refractivity (Wildman–Crippen MR) is 225 cm³/mol. The molecule has 0 bridgehead atoms. The number of nitrogens with two attached hydrogens (primary N) is 3. The average molecular weight is 856 g/mol. The van der Waals surface area contributed by atoms with Crippen molar-refractivity contribution in [3.8, 4) is 0 Å². The number of amides is 8. The lowest BCUT2D eigenvalue weighted by molar-refractivity contribution is -0.140. The molecule has 13 N–H and O–H groups in total. The summed E-state index contributed by atoms with van der Waals surface area (Å²) in [5.41, 5.74) is 16.3. The second kappa shape index (κ2) is 27.2. The van der Waals surface area contributed by atoms with Crippen molar-refractivity contribution >= 4 is 65.0 Å². The van der Waals surface area contributed by atoms with Crippen LogP contribution in [0, 0.1) is 11.8 Å². The van der Waals surface area contributed by atoms with Gasteiger partial charge in [-0.2, -0.15) is 11.8 Å². The third kappa shape index (κ3) is 19.8. The van der Waals surface area contributed by atoms with E-state index in [0.717, 1.165) is 32.1 Å². The molecule has 1 aliphatic carbocycles. The summed E-state index contributed by atoms with van der Waals surface area (Å²) in [6.07, 6.45) is 8.10. The van der Waals surface area contributed by atoms with E-state index in [0.29, 0.717) is 18.6 Å². The van der Waals surface area contributed by atoms with E-state index in [2.05, 4.69) is 36.9 Å². The van der Waals surface area contributed by atoms with Crippen LogP contribution < -0.4 is 49.1 Å². The van der Waals surface area contributed by atoms with Crippen LogP contribution in [0.1, 0.15) is 98.8 Å². The standard InChI is InChI=1S/C38H69N11O9S/c1-21(2)18-28(31(39)52)47-36(57)29(20-50)48-33(54)23(4)44-35(56)27(15-17-59-7)45-32(53)22(3)43-34(55)26(14-11-16-42-38(40)41)46-37(58)30(49(6)24(5)51)19-25-12-9-8-10-13-25/h21-23,25-30,50H,8-20H2,1-7H3,(H2,39,52)(H,43,55)(H,44,56)(H,45,53)(H,46,58)(H,47,57)(H,48,54)(H4,40,41,42)/t22-,23-,26-,27-,28-,29-,30-/m0/s1. The maximum Gasteiger partial charge on any atom is 0.245 e. The summed E-state index contributed by atoms with van der Waals surface area (Å²) in [5, 5.41) is 25.1. The number of nitrogens with zero attached hydrogens (tertiary/aromatic N) is 2. The fourth-order valence-electron chi connectivity index (χ4n) is 6.48. The highest BCUT2D eigenvalue weighted by Gasteiger charge is 2.34. The zero-order chi connectivity index (χ0) is 44.8. The Balaban J connectivity index is 3.07. The van der Waals surface area contributed by atoms with Crippen molar-refractivity contribution in [1.29, 1.82) is 0 Å². The molecule has 7 atom stereocenters. The van der Waals surface area contributed by atoms with Gasteiger partial charge in [-0.05, 0) is 69.8 Å². The Hall–Kier alpha value is -4.66. The first-order chi connectivity index (χ1) is 27.7. The molecule has 0 aliphatic heterocycles. The highest BCUT2D eigenvalue weighted by molar-refractivity contribution is 7.98. The van der Waals surface area contributed by atoms with Crippen molar-refractivity contribution in [2.24, 2.45) is 34.0 Å². The van der Waals surface area contributed by atoms with Gasteiger partial charge in [0.25, 0.3) is 0 Å². The van der Waals surface area contributed by atoms with Crippen LogP contribution in [0.2, 0.25) is 0 Å². The van der Waals surface area contributed by atoms with E-state index in [1.54, 1.807) is 13.3 Å². The van der Waals surface area contributed by atoms with Gasteiger partial charge in [0.15, 0.2) is 5.96 Å². The van der Waals surface area contributed by atoms with Crippen molar-refractivity contribution < 1.29 is 43.5 Å². The first kappa shape index (κ1) is 52.4. The molecule has 21 heteroatoms. The molecular formula is C38H69N11O9S. The molecule has 1 fully saturated rings. The number of carbonyl (C=O) groups is 8. The summed E-state index contributed by atoms with van der Waals surface area (Å²) in [7, 11) is 1.55. The van der Waals surface area contributed by atoms with Crippen LogP contribution in [0.4, 0.5) is 0 Å². The molecule has 0 unspecified atom stereocenters. The molecule has 0 spiro atoms. The second-order valence-corrected chi connectivity index (χ2v) is 16.5. The van der Waals surface area contributed by atoms with Gasteiger partial charge >= 0.3 is 0 Å². The number of primary amides is 1. The normalized spacial score (nSPS) is 16.4. The first-order valence-corrected chi connectivity index (χ1v) is 21.6. The predicted octanol–water partition coefficient (Wildman–Crippen LogP) is -1.92. The quantitative estimate of drug-likeness (QED) is 0.0259. The molecule has 0 aromatic heterocycles. The number of thioether (sulfide) groups is 1. The van der Waals surface area contributed by atoms with Crippen LogP contribution in [-0.4, -0.2) is 138 Å². The van der Waals surface area contributed by atoms with E-state index in [1.807, 2.05) is 13.8 Å². The number of hydrogen-bond acceptors (Lipinski definition) is 11. The molecule has 0 saturated heterocycles. The first-order valence-electron chi connectivity index (χ1n) is 20.2. The van der Waals surface area contributed by atoms with Gasteiger partial charge in [0.2, 0.25) is 47.3 Å². The fourth-order valence-corrected chi connectivity index (χ4v) is 6.95. The molecular weight excluding hydrogens is 787 g/mol. The second-order valence-electron chi connectivity index (χ2n) is 15.5. The lowest BCUT2D eigenvalue weighted by Gasteiger charge is -2.32. The van der Waals surface area contributed by atoms with Crippen LogP contribution in [-0.2, 0) is 38.4 Å². The number of aliphatic hydroxyl groups is 1. The van der Waals surface area contributed by atoms with E-state index in [4.69, 9.17) is 17.2 Å². The van der Waals surface area contributed by atoms with Gasteiger partial charge in [-0.25, -0.2) is 0 Å². The third-order valence-electron chi connectivity index (χ3n) is 10.1. The number of aliphatic hydroxyl groups excluding tert-OH is 1. The third-order valence-corrected chi connectivity index (χ3v) is 10.7. The molecule has 0 aromatic carbocycles. The van der Waals surface area contributed by atoms with Gasteiger partial charge in [0.05, 0.1) is 6.61 Å². The Morgan fingerprint density at radius 3 is 1.68 bits per heavy atom. The van der Waals surface area contributed by atoms with E-state index in [1.165, 1.54) is 37.4 Å². The van der Waals surface area contributed by atoms with Gasteiger partial charge < -0.3 is 59.1 Å². The maximum atomic E-state index is 13.8. The van der Waals surface area contributed by atoms with E-state index < -0.39 is 90.3 Å². The smallest absolute Gasteiger partial charge is 0.245 e. The van der Waals surface area contributed by atoms with Crippen molar-refractivity contribution in [2.45, 2.75) is 141 Å². The van der Waals surface area contributed by atoms with Crippen molar-refractivity contribution in [3.63, 3.8) is 0 Å². The van der Waals surface area contributed by atoms with Gasteiger partial charge in [-0.3, -0.25) is 43.3 Å². The number of aliphatic imine (C=N–C) groups is 1. The summed E-state index contributed by atoms with van der Waals surface area (Å²) in [4.78, 5) is 110. The van der Waals surface area contributed by atoms with Crippen LogP contribution in [0.15, 0.2) is 4.99 Å². The Labute approximate surface area is 351 Å². The zero-order valence-corrected chi connectivity index (χ0v) is 36.5. The van der Waals surface area contributed by atoms with Gasteiger partial charge in [-0.15, -0.1) is 0 Å². The van der Waals surface area contributed by atoms with E-state index >= 15 is 0 Å². The largest absolute Gasteiger partial charge is 0.394 e. The van der Waals surface area contributed by atoms with Gasteiger partial charge in [-0.1, -0.05) is 46.0 Å². The molecule has 336 valence electrons. The Morgan fingerprint density at radius 1 is 0.712 bits per heavy atom. The summed E-state index contributed by atoms with van der Waals surface area (Å²) < 4.78 is 0. The molecule has 0 aromatic rings. The van der Waals surface area contributed by atoms with Crippen LogP contribution in [0.5, 0.6) is 0 Å². The van der Waals surface area contributed by atoms with E-state index in [9.17, 15) is 43.5 Å². The highest BCUT2D eigenvalue weighted by Crippen LogP contribution is 2.28. The molecule has 1 saturated carbocycles. The van der Waals surface area contributed by atoms with Gasteiger partial charge in [0.1, 0.15) is 42.3 Å². The number of likely N-dealkylation sites (N-methyl/N-ethyl adjacent to an activating group) is 1. The molecule has 8 amide bonds. The zero-order valence-electron chi connectivity index (χ0n) is 35.6. The minimum absolute atomic E-state index is 0.0110. The minimum atomic E-state index is -1.45. The SMILES string of the molecule is CSCC[C@H](NC(=O)[C@H](C)NC(=O)[C@H](CCCN=C(N)N)NC(=O)[C@H](CC1CCCCC1)N(C)C(C)=O)C(=O)N[C@@H](C)C(=O)N[C@@H](CO)C(=O)N[C@@H](CC(C)C)C(N)=O. The Morgan fingerprint density at radius 2 is 1.20 bits per heavy atom. The summed E-state index contributed by atoms with van der Waals surface area (Å²) in [6.45, 7) is 7.14. The molecule has 0 heterocycles. The fraction of sp³-hybridized carbons (Fsp3) is 0.763. The minimum Gasteiger partial charge on any atom is -0.394 e. The van der Waals surface area contributed by atoms with E-state index in [-0.39, 0.29) is 49.5 Å². The number of carbonyl (C=O) groups excluding carboxylic acids is 8. The number of hydrogen-bond donors (Lipinski definition) is 10. The summed E-state index contributed by atoms with van der Waals surface area (Å²) in [5.74, 6) is -4.84. The molecule has 59 heavy (non-hydrogen) atoms. The topological polar surface area (TPSA) is 323 Å². The lowest BCUT2D eigenvalue weighted by Crippen LogP contribution is -2.59. The molecule has 0 radical (unpaired) electrons. The number of guanidine groups is 1. The van der Waals surface area contributed by atoms with Crippen molar-refractivity contribution in [2.75, 3.05) is 32.2 Å². The Kier molecular flexibility index (Phi) is 24.1. The van der Waals surface area contributed by atoms with Crippen LogP contribution in [0.3, 0.4) is 0 Å². The summed E-state index contributed by atoms with van der Waals surface area (Å²) >= 11 is 1.41. The average Bonchev–Trinajstić information content (AvgIpc) is 3.17. The highest BCUT2D eigenvalue weighted by atomic mass is 32.2. The summed E-state index contributed by atoms with van der Waals surface area (Å²) in [6, 6.07) is -7.99. The van der Waals surface area contributed by atoms with Crippen molar-refractivity contribution in [1.82, 2.24) is 36.8 Å². The van der Waals surface area contributed by atoms with Crippen molar-refractivity contribution in [3.05, 3.63) is 0 Å². The molecule has 1 rings (SSSR count). The lowest BCUT2D eigenvalue weighted by atomic mass is 9.84. The van der Waals surface area contributed by atoms with Gasteiger partial charge in [0, 0.05) is 20.5 Å². The number of rotatable bonds is 26.